The van der Waals surface area contributed by atoms with Gasteiger partial charge in [0.2, 0.25) is 5.91 Å². The monoisotopic (exact) mass is 202 g/mol. The van der Waals surface area contributed by atoms with Crippen LogP contribution in [0.5, 0.6) is 0 Å². The van der Waals surface area contributed by atoms with Crippen LogP contribution in [0.1, 0.15) is 6.92 Å². The van der Waals surface area contributed by atoms with Gasteiger partial charge in [0, 0.05) is 13.1 Å². The van der Waals surface area contributed by atoms with Crippen LogP contribution in [0, 0.1) is 0 Å². The van der Waals surface area contributed by atoms with E-state index < -0.39 is 12.1 Å². The maximum atomic E-state index is 11.6. The summed E-state index contributed by atoms with van der Waals surface area (Å²) in [6, 6.07) is -0.689. The highest BCUT2D eigenvalue weighted by Gasteiger charge is 2.23. The van der Waals surface area contributed by atoms with E-state index in [2.05, 4.69) is 5.32 Å². The van der Waals surface area contributed by atoms with E-state index in [1.165, 1.54) is 6.92 Å². The predicted molar refractivity (Wildman–Crippen MR) is 48.0 cm³/mol. The molecule has 1 fully saturated rings. The van der Waals surface area contributed by atoms with Crippen LogP contribution in [-0.4, -0.2) is 54.4 Å². The molecule has 1 rings (SSSR count). The highest BCUT2D eigenvalue weighted by Crippen LogP contribution is 2.00. The molecule has 14 heavy (non-hydrogen) atoms. The number of ether oxygens (including phenoxy) is 1. The normalized spacial score (nSPS) is 18.8. The van der Waals surface area contributed by atoms with Gasteiger partial charge in [-0.25, -0.2) is 4.79 Å². The molecule has 2 N–H and O–H groups in total. The standard InChI is InChI=1S/C8H14N2O4/c1-6(9-8(12)13)7(11)10-2-4-14-5-3-10/h6,9H,2-5H2,1H3,(H,12,13)/t6-/m0/s1. The molecule has 0 aromatic rings. The summed E-state index contributed by atoms with van der Waals surface area (Å²) in [5.74, 6) is -0.198. The molecule has 6 heteroatoms. The molecule has 0 aromatic heterocycles. The summed E-state index contributed by atoms with van der Waals surface area (Å²) in [4.78, 5) is 23.5. The fourth-order valence-corrected chi connectivity index (χ4v) is 1.30. The molecule has 1 heterocycles. The number of amides is 2. The second-order valence-corrected chi connectivity index (χ2v) is 3.11. The maximum absolute atomic E-state index is 11.6. The molecule has 0 bridgehead atoms. The summed E-state index contributed by atoms with van der Waals surface area (Å²) in [6.45, 7) is 3.64. The van der Waals surface area contributed by atoms with E-state index in [1.807, 2.05) is 0 Å². The Hall–Kier alpha value is -1.30. The molecule has 1 saturated heterocycles. The van der Waals surface area contributed by atoms with Crippen molar-refractivity contribution in [3.8, 4) is 0 Å². The molecule has 6 nitrogen and oxygen atoms in total. The number of rotatable bonds is 2. The smallest absolute Gasteiger partial charge is 0.405 e. The SMILES string of the molecule is C[C@H](NC(=O)O)C(=O)N1CCOCC1. The van der Waals surface area contributed by atoms with Gasteiger partial charge in [-0.1, -0.05) is 0 Å². The van der Waals surface area contributed by atoms with Crippen LogP contribution in [0.2, 0.25) is 0 Å². The van der Waals surface area contributed by atoms with Gasteiger partial charge in [0.25, 0.3) is 0 Å². The summed E-state index contributed by atoms with van der Waals surface area (Å²) in [7, 11) is 0. The van der Waals surface area contributed by atoms with E-state index in [9.17, 15) is 9.59 Å². The topological polar surface area (TPSA) is 78.9 Å². The largest absolute Gasteiger partial charge is 0.465 e. The zero-order valence-corrected chi connectivity index (χ0v) is 8.02. The molecule has 1 aliphatic heterocycles. The first-order valence-electron chi connectivity index (χ1n) is 4.47. The van der Waals surface area contributed by atoms with Gasteiger partial charge in [-0.2, -0.15) is 0 Å². The van der Waals surface area contributed by atoms with Crippen LogP contribution in [0.3, 0.4) is 0 Å². The van der Waals surface area contributed by atoms with E-state index in [1.54, 1.807) is 4.90 Å². The highest BCUT2D eigenvalue weighted by molar-refractivity contribution is 5.84. The first kappa shape index (κ1) is 10.8. The van der Waals surface area contributed by atoms with E-state index in [4.69, 9.17) is 9.84 Å². The molecule has 0 spiro atoms. The maximum Gasteiger partial charge on any atom is 0.405 e. The van der Waals surface area contributed by atoms with Crippen molar-refractivity contribution in [2.75, 3.05) is 26.3 Å². The lowest BCUT2D eigenvalue weighted by Gasteiger charge is -2.29. The van der Waals surface area contributed by atoms with Crippen molar-refractivity contribution >= 4 is 12.0 Å². The second kappa shape index (κ2) is 4.80. The minimum absolute atomic E-state index is 0.198. The molecule has 0 aliphatic carbocycles. The Bertz CT molecular complexity index is 225. The Morgan fingerprint density at radius 2 is 2.00 bits per heavy atom. The number of carboxylic acid groups (broad SMARTS) is 1. The quantitative estimate of drug-likeness (QED) is 0.632. The van der Waals surface area contributed by atoms with E-state index >= 15 is 0 Å². The zero-order chi connectivity index (χ0) is 10.6. The lowest BCUT2D eigenvalue weighted by molar-refractivity contribution is -0.136. The number of hydrogen-bond acceptors (Lipinski definition) is 3. The number of carbonyl (C=O) groups is 2. The van der Waals surface area contributed by atoms with Crippen molar-refractivity contribution in [1.29, 1.82) is 0 Å². The Kier molecular flexibility index (Phi) is 3.70. The van der Waals surface area contributed by atoms with Crippen molar-refractivity contribution in [2.24, 2.45) is 0 Å². The highest BCUT2D eigenvalue weighted by atomic mass is 16.5. The summed E-state index contributed by atoms with van der Waals surface area (Å²) in [5.41, 5.74) is 0. The Morgan fingerprint density at radius 1 is 1.43 bits per heavy atom. The Balaban J connectivity index is 2.42. The molecule has 1 atom stereocenters. The molecule has 2 amide bonds. The first-order chi connectivity index (χ1) is 6.61. The van der Waals surface area contributed by atoms with Crippen molar-refractivity contribution < 1.29 is 19.4 Å². The van der Waals surface area contributed by atoms with Crippen molar-refractivity contribution in [3.63, 3.8) is 0 Å². The minimum atomic E-state index is -1.18. The molecular formula is C8H14N2O4. The van der Waals surface area contributed by atoms with E-state index in [0.717, 1.165) is 0 Å². The number of nitrogens with zero attached hydrogens (tertiary/aromatic N) is 1. The Morgan fingerprint density at radius 3 is 2.50 bits per heavy atom. The van der Waals surface area contributed by atoms with Crippen LogP contribution in [0.25, 0.3) is 0 Å². The molecule has 0 radical (unpaired) electrons. The number of hydrogen-bond donors (Lipinski definition) is 2. The minimum Gasteiger partial charge on any atom is -0.465 e. The molecule has 1 aliphatic rings. The average molecular weight is 202 g/mol. The van der Waals surface area contributed by atoms with Gasteiger partial charge in [0.05, 0.1) is 13.2 Å². The zero-order valence-electron chi connectivity index (χ0n) is 8.02. The first-order valence-corrected chi connectivity index (χ1v) is 4.47. The fourth-order valence-electron chi connectivity index (χ4n) is 1.30. The summed E-state index contributed by atoms with van der Waals surface area (Å²) in [6.07, 6.45) is -1.18. The van der Waals surface area contributed by atoms with E-state index in [-0.39, 0.29) is 5.91 Å². The molecule has 0 aromatic carbocycles. The van der Waals surface area contributed by atoms with Crippen LogP contribution in [0.15, 0.2) is 0 Å². The third-order valence-electron chi connectivity index (χ3n) is 2.03. The summed E-state index contributed by atoms with van der Waals surface area (Å²) >= 11 is 0. The lowest BCUT2D eigenvalue weighted by Crippen LogP contribution is -2.50. The van der Waals surface area contributed by atoms with Gasteiger partial charge < -0.3 is 20.1 Å². The van der Waals surface area contributed by atoms with Crippen LogP contribution >= 0.6 is 0 Å². The van der Waals surface area contributed by atoms with Gasteiger partial charge in [-0.05, 0) is 6.92 Å². The van der Waals surface area contributed by atoms with Gasteiger partial charge in [0.1, 0.15) is 6.04 Å². The van der Waals surface area contributed by atoms with Crippen LogP contribution in [-0.2, 0) is 9.53 Å². The van der Waals surface area contributed by atoms with Crippen molar-refractivity contribution in [2.45, 2.75) is 13.0 Å². The molecule has 0 unspecified atom stereocenters. The van der Waals surface area contributed by atoms with Crippen LogP contribution < -0.4 is 5.32 Å². The fraction of sp³-hybridized carbons (Fsp3) is 0.750. The molecular weight excluding hydrogens is 188 g/mol. The number of morpholine rings is 1. The third-order valence-corrected chi connectivity index (χ3v) is 2.03. The predicted octanol–water partition coefficient (Wildman–Crippen LogP) is -0.499. The summed E-state index contributed by atoms with van der Waals surface area (Å²) in [5, 5.41) is 10.5. The molecule has 0 saturated carbocycles. The average Bonchev–Trinajstić information content (AvgIpc) is 2.17. The van der Waals surface area contributed by atoms with Crippen molar-refractivity contribution in [3.05, 3.63) is 0 Å². The van der Waals surface area contributed by atoms with Gasteiger partial charge >= 0.3 is 6.09 Å². The number of nitrogens with one attached hydrogen (secondary N) is 1. The Labute approximate surface area is 81.8 Å². The van der Waals surface area contributed by atoms with Gasteiger partial charge in [0.15, 0.2) is 0 Å². The number of carbonyl (C=O) groups excluding carboxylic acids is 1. The van der Waals surface area contributed by atoms with E-state index in [0.29, 0.717) is 26.3 Å². The van der Waals surface area contributed by atoms with Gasteiger partial charge in [-0.15, -0.1) is 0 Å². The molecule has 80 valence electrons. The third kappa shape index (κ3) is 2.88. The van der Waals surface area contributed by atoms with Crippen LogP contribution in [0.4, 0.5) is 4.79 Å². The van der Waals surface area contributed by atoms with Gasteiger partial charge in [-0.3, -0.25) is 4.79 Å². The lowest BCUT2D eigenvalue weighted by atomic mass is 10.2. The second-order valence-electron chi connectivity index (χ2n) is 3.11. The van der Waals surface area contributed by atoms with Crippen molar-refractivity contribution in [1.82, 2.24) is 10.2 Å². The summed E-state index contributed by atoms with van der Waals surface area (Å²) < 4.78 is 5.08.